The van der Waals surface area contributed by atoms with Crippen LogP contribution in [-0.4, -0.2) is 23.7 Å². The van der Waals surface area contributed by atoms with Gasteiger partial charge in [0.05, 0.1) is 12.0 Å². The Kier molecular flexibility index (Phi) is 5.67. The predicted molar refractivity (Wildman–Crippen MR) is 76.7 cm³/mol. The van der Waals surface area contributed by atoms with Crippen molar-refractivity contribution >= 4 is 11.7 Å². The smallest absolute Gasteiger partial charge is 0.308 e. The Morgan fingerprint density at radius 2 is 1.79 bits per heavy atom. The van der Waals surface area contributed by atoms with Gasteiger partial charge in [-0.2, -0.15) is 0 Å². The summed E-state index contributed by atoms with van der Waals surface area (Å²) in [5.74, 6) is -0.221. The van der Waals surface area contributed by atoms with Crippen molar-refractivity contribution in [1.82, 2.24) is 0 Å². The minimum atomic E-state index is -0.762. The molecule has 1 rings (SSSR count). The van der Waals surface area contributed by atoms with Gasteiger partial charge < -0.3 is 15.2 Å². The fourth-order valence-electron chi connectivity index (χ4n) is 1.76. The molecular weight excluding hydrogens is 242 g/mol. The molecule has 0 saturated heterocycles. The second-order valence-electron chi connectivity index (χ2n) is 5.26. The first-order chi connectivity index (χ1) is 8.90. The van der Waals surface area contributed by atoms with Crippen molar-refractivity contribution in [1.29, 1.82) is 0 Å². The highest BCUT2D eigenvalue weighted by Crippen LogP contribution is 2.18. The van der Waals surface area contributed by atoms with E-state index >= 15 is 0 Å². The molecule has 19 heavy (non-hydrogen) atoms. The SMILES string of the molecule is CC(C)Oc1ccc(NCC(C(=O)O)C(C)C)cc1. The van der Waals surface area contributed by atoms with Crippen molar-refractivity contribution in [2.75, 3.05) is 11.9 Å². The van der Waals surface area contributed by atoms with Crippen LogP contribution in [-0.2, 0) is 4.79 Å². The van der Waals surface area contributed by atoms with Gasteiger partial charge in [0.25, 0.3) is 0 Å². The predicted octanol–water partition coefficient (Wildman–Crippen LogP) is 3.24. The number of hydrogen-bond donors (Lipinski definition) is 2. The summed E-state index contributed by atoms with van der Waals surface area (Å²) in [6, 6.07) is 7.56. The maximum atomic E-state index is 11.1. The molecule has 0 aliphatic heterocycles. The molecule has 0 aliphatic rings. The number of carbonyl (C=O) groups is 1. The molecule has 106 valence electrons. The normalized spacial score (nSPS) is 12.5. The summed E-state index contributed by atoms with van der Waals surface area (Å²) >= 11 is 0. The summed E-state index contributed by atoms with van der Waals surface area (Å²) in [6.45, 7) is 8.22. The van der Waals surface area contributed by atoms with Gasteiger partial charge in [0.15, 0.2) is 0 Å². The molecule has 0 heterocycles. The molecule has 0 bridgehead atoms. The lowest BCUT2D eigenvalue weighted by Gasteiger charge is -2.17. The fraction of sp³-hybridized carbons (Fsp3) is 0.533. The van der Waals surface area contributed by atoms with Crippen LogP contribution in [0.5, 0.6) is 5.75 Å². The third kappa shape index (κ3) is 5.20. The number of nitrogens with one attached hydrogen (secondary N) is 1. The molecular formula is C15H23NO3. The molecule has 0 aromatic heterocycles. The van der Waals surface area contributed by atoms with Gasteiger partial charge in [-0.3, -0.25) is 4.79 Å². The van der Waals surface area contributed by atoms with Gasteiger partial charge in [-0.15, -0.1) is 0 Å². The highest BCUT2D eigenvalue weighted by atomic mass is 16.5. The average Bonchev–Trinajstić information content (AvgIpc) is 2.29. The van der Waals surface area contributed by atoms with Crippen molar-refractivity contribution in [3.05, 3.63) is 24.3 Å². The van der Waals surface area contributed by atoms with Crippen LogP contribution in [0.25, 0.3) is 0 Å². The van der Waals surface area contributed by atoms with Crippen LogP contribution in [0.15, 0.2) is 24.3 Å². The molecule has 0 saturated carbocycles. The first-order valence-corrected chi connectivity index (χ1v) is 6.63. The number of anilines is 1. The highest BCUT2D eigenvalue weighted by Gasteiger charge is 2.20. The minimum absolute atomic E-state index is 0.105. The number of carboxylic acid groups (broad SMARTS) is 1. The van der Waals surface area contributed by atoms with Crippen LogP contribution in [0.1, 0.15) is 27.7 Å². The molecule has 1 unspecified atom stereocenters. The Morgan fingerprint density at radius 3 is 2.21 bits per heavy atom. The van der Waals surface area contributed by atoms with Crippen molar-refractivity contribution < 1.29 is 14.6 Å². The van der Waals surface area contributed by atoms with Crippen molar-refractivity contribution in [3.63, 3.8) is 0 Å². The van der Waals surface area contributed by atoms with Crippen molar-refractivity contribution in [2.45, 2.75) is 33.8 Å². The zero-order valence-electron chi connectivity index (χ0n) is 12.0. The maximum absolute atomic E-state index is 11.1. The van der Waals surface area contributed by atoms with E-state index in [4.69, 9.17) is 9.84 Å². The van der Waals surface area contributed by atoms with Gasteiger partial charge in [0.2, 0.25) is 0 Å². The third-order valence-corrected chi connectivity index (χ3v) is 2.87. The summed E-state index contributed by atoms with van der Waals surface area (Å²) in [5, 5.41) is 12.3. The first kappa shape index (κ1) is 15.3. The molecule has 2 N–H and O–H groups in total. The number of benzene rings is 1. The van der Waals surface area contributed by atoms with Gasteiger partial charge in [-0.25, -0.2) is 0 Å². The fourth-order valence-corrected chi connectivity index (χ4v) is 1.76. The number of ether oxygens (including phenoxy) is 1. The van der Waals surface area contributed by atoms with Gasteiger partial charge in [0, 0.05) is 12.2 Å². The van der Waals surface area contributed by atoms with E-state index < -0.39 is 5.97 Å². The number of rotatable bonds is 7. The molecule has 1 aromatic rings. The lowest BCUT2D eigenvalue weighted by Crippen LogP contribution is -2.27. The Balaban J connectivity index is 2.56. The largest absolute Gasteiger partial charge is 0.491 e. The number of hydrogen-bond acceptors (Lipinski definition) is 3. The highest BCUT2D eigenvalue weighted by molar-refractivity contribution is 5.71. The average molecular weight is 265 g/mol. The zero-order valence-corrected chi connectivity index (χ0v) is 12.0. The third-order valence-electron chi connectivity index (χ3n) is 2.87. The topological polar surface area (TPSA) is 58.6 Å². The summed E-state index contributed by atoms with van der Waals surface area (Å²) in [7, 11) is 0. The van der Waals surface area contributed by atoms with Crippen LogP contribution in [0.4, 0.5) is 5.69 Å². The van der Waals surface area contributed by atoms with Crippen LogP contribution in [0.2, 0.25) is 0 Å². The summed E-state index contributed by atoms with van der Waals surface area (Å²) in [4.78, 5) is 11.1. The van der Waals surface area contributed by atoms with Crippen LogP contribution < -0.4 is 10.1 Å². The second kappa shape index (κ2) is 7.02. The lowest BCUT2D eigenvalue weighted by molar-refractivity contribution is -0.142. The maximum Gasteiger partial charge on any atom is 0.308 e. The molecule has 4 nitrogen and oxygen atoms in total. The standard InChI is InChI=1S/C15H23NO3/c1-10(2)14(15(17)18)9-16-12-5-7-13(8-6-12)19-11(3)4/h5-8,10-11,14,16H,9H2,1-4H3,(H,17,18). The Morgan fingerprint density at radius 1 is 1.21 bits per heavy atom. The van der Waals surface area contributed by atoms with Gasteiger partial charge >= 0.3 is 5.97 Å². The van der Waals surface area contributed by atoms with E-state index in [1.165, 1.54) is 0 Å². The van der Waals surface area contributed by atoms with Crippen LogP contribution >= 0.6 is 0 Å². The summed E-state index contributed by atoms with van der Waals surface area (Å²) in [5.41, 5.74) is 0.906. The number of carboxylic acids is 1. The lowest BCUT2D eigenvalue weighted by atomic mass is 9.96. The van der Waals surface area contributed by atoms with Gasteiger partial charge in [0.1, 0.15) is 5.75 Å². The van der Waals surface area contributed by atoms with E-state index in [2.05, 4.69) is 5.32 Å². The van der Waals surface area contributed by atoms with E-state index in [-0.39, 0.29) is 17.9 Å². The van der Waals surface area contributed by atoms with Gasteiger partial charge in [-0.1, -0.05) is 13.8 Å². The first-order valence-electron chi connectivity index (χ1n) is 6.63. The van der Waals surface area contributed by atoms with E-state index in [0.717, 1.165) is 11.4 Å². The molecule has 0 amide bonds. The van der Waals surface area contributed by atoms with E-state index in [1.54, 1.807) is 0 Å². The molecule has 0 aliphatic carbocycles. The minimum Gasteiger partial charge on any atom is -0.491 e. The van der Waals surface area contributed by atoms with Gasteiger partial charge in [-0.05, 0) is 44.0 Å². The molecule has 0 spiro atoms. The van der Waals surface area contributed by atoms with E-state index in [9.17, 15) is 4.79 Å². The Bertz CT molecular complexity index is 398. The zero-order chi connectivity index (χ0) is 14.4. The summed E-state index contributed by atoms with van der Waals surface area (Å²) < 4.78 is 5.55. The monoisotopic (exact) mass is 265 g/mol. The quantitative estimate of drug-likeness (QED) is 0.794. The van der Waals surface area contributed by atoms with Crippen molar-refractivity contribution in [2.24, 2.45) is 11.8 Å². The van der Waals surface area contributed by atoms with Crippen molar-refractivity contribution in [3.8, 4) is 5.75 Å². The molecule has 0 fully saturated rings. The van der Waals surface area contributed by atoms with Crippen LogP contribution in [0, 0.1) is 11.8 Å². The second-order valence-corrected chi connectivity index (χ2v) is 5.26. The number of aliphatic carboxylic acids is 1. The van der Waals surface area contributed by atoms with E-state index in [1.807, 2.05) is 52.0 Å². The Labute approximate surface area is 114 Å². The molecule has 1 aromatic carbocycles. The molecule has 0 radical (unpaired) electrons. The Hall–Kier alpha value is -1.71. The van der Waals surface area contributed by atoms with E-state index in [0.29, 0.717) is 6.54 Å². The van der Waals surface area contributed by atoms with Crippen LogP contribution in [0.3, 0.4) is 0 Å². The molecule has 4 heteroatoms. The molecule has 1 atom stereocenters. The summed E-state index contributed by atoms with van der Waals surface area (Å²) in [6.07, 6.45) is 0.149.